The van der Waals surface area contributed by atoms with Crippen LogP contribution in [0, 0.1) is 11.7 Å². The number of fused-ring (bicyclic) bond motifs is 1. The summed E-state index contributed by atoms with van der Waals surface area (Å²) < 4.78 is 43.4. The van der Waals surface area contributed by atoms with E-state index < -0.39 is 10.0 Å². The molecule has 1 saturated heterocycles. The van der Waals surface area contributed by atoms with Crippen molar-refractivity contribution in [2.45, 2.75) is 49.6 Å². The van der Waals surface area contributed by atoms with E-state index in [1.807, 2.05) is 16.7 Å². The zero-order valence-electron chi connectivity index (χ0n) is 17.9. The van der Waals surface area contributed by atoms with E-state index in [4.69, 9.17) is 0 Å². The summed E-state index contributed by atoms with van der Waals surface area (Å²) in [5.41, 5.74) is 1.12. The molecule has 1 amide bonds. The molecule has 2 fully saturated rings. The largest absolute Gasteiger partial charge is 0.355 e. The summed E-state index contributed by atoms with van der Waals surface area (Å²) in [7, 11) is -3.71. The highest BCUT2D eigenvalue weighted by atomic mass is 32.2. The van der Waals surface area contributed by atoms with Crippen molar-refractivity contribution in [2.24, 2.45) is 10.3 Å². The van der Waals surface area contributed by atoms with Crippen LogP contribution in [0.15, 0.2) is 57.8 Å². The molecule has 0 radical (unpaired) electrons. The van der Waals surface area contributed by atoms with Gasteiger partial charge in [-0.25, -0.2) is 4.39 Å². The topological polar surface area (TPSA) is 70.1 Å². The Bertz CT molecular complexity index is 1190. The van der Waals surface area contributed by atoms with Gasteiger partial charge in [0, 0.05) is 30.3 Å². The van der Waals surface area contributed by atoms with Crippen molar-refractivity contribution >= 4 is 21.8 Å². The van der Waals surface area contributed by atoms with Crippen molar-refractivity contribution in [3.05, 3.63) is 65.5 Å². The van der Waals surface area contributed by atoms with E-state index in [0.717, 1.165) is 25.7 Å². The van der Waals surface area contributed by atoms with E-state index in [2.05, 4.69) is 4.40 Å². The molecule has 5 rings (SSSR count). The molecule has 8 heteroatoms. The highest BCUT2D eigenvalue weighted by Gasteiger charge is 2.42. The lowest BCUT2D eigenvalue weighted by Gasteiger charge is -2.38. The maximum absolute atomic E-state index is 14.5. The molecular formula is C24H26FN3O3S. The van der Waals surface area contributed by atoms with Crippen LogP contribution in [0.25, 0.3) is 0 Å². The lowest BCUT2D eigenvalue weighted by Crippen LogP contribution is -2.48. The normalized spacial score (nSPS) is 22.8. The van der Waals surface area contributed by atoms with Crippen LogP contribution in [0.3, 0.4) is 0 Å². The van der Waals surface area contributed by atoms with Gasteiger partial charge in [0.1, 0.15) is 10.7 Å². The number of hydrogen-bond acceptors (Lipinski definition) is 4. The second kappa shape index (κ2) is 7.99. The van der Waals surface area contributed by atoms with Gasteiger partial charge in [0.05, 0.1) is 12.0 Å². The molecule has 0 N–H and O–H groups in total. The standard InChI is InChI=1S/C24H26FN3O3S/c1-16(19-8-2-4-10-21(19)25)28(18-12-13-18)24(29)17-7-6-14-27(15-17)23-20-9-3-5-11-22(20)32(30,31)26-23/h2-5,8-11,16-18H,6-7,12-15H2,1H3. The molecule has 3 aliphatic rings. The van der Waals surface area contributed by atoms with Crippen LogP contribution >= 0.6 is 0 Å². The first-order valence-corrected chi connectivity index (χ1v) is 12.6. The highest BCUT2D eigenvalue weighted by Crippen LogP contribution is 2.38. The van der Waals surface area contributed by atoms with Crippen molar-refractivity contribution in [3.8, 4) is 0 Å². The number of carbonyl (C=O) groups is 1. The fraction of sp³-hybridized carbons (Fsp3) is 0.417. The Morgan fingerprint density at radius 3 is 2.59 bits per heavy atom. The van der Waals surface area contributed by atoms with E-state index in [9.17, 15) is 17.6 Å². The smallest absolute Gasteiger partial charge is 0.285 e. The molecule has 2 heterocycles. The Balaban J connectivity index is 1.39. The number of carbonyl (C=O) groups excluding carboxylic acids is 1. The zero-order valence-corrected chi connectivity index (χ0v) is 18.8. The minimum absolute atomic E-state index is 0.0164. The summed E-state index contributed by atoms with van der Waals surface area (Å²) in [6.45, 7) is 2.95. The first kappa shape index (κ1) is 21.1. The molecule has 168 valence electrons. The number of hydrogen-bond donors (Lipinski definition) is 0. The summed E-state index contributed by atoms with van der Waals surface area (Å²) in [5, 5.41) is 0. The first-order valence-electron chi connectivity index (χ1n) is 11.1. The number of amidine groups is 1. The first-order chi connectivity index (χ1) is 15.4. The van der Waals surface area contributed by atoms with E-state index in [1.165, 1.54) is 6.07 Å². The maximum Gasteiger partial charge on any atom is 0.285 e. The van der Waals surface area contributed by atoms with E-state index >= 15 is 0 Å². The fourth-order valence-corrected chi connectivity index (χ4v) is 6.13. The van der Waals surface area contributed by atoms with Gasteiger partial charge < -0.3 is 9.80 Å². The third-order valence-electron chi connectivity index (χ3n) is 6.65. The molecule has 0 aromatic heterocycles. The van der Waals surface area contributed by atoms with Crippen LogP contribution in [0.1, 0.15) is 49.8 Å². The quantitative estimate of drug-likeness (QED) is 0.704. The predicted octanol–water partition coefficient (Wildman–Crippen LogP) is 3.74. The molecule has 2 unspecified atom stereocenters. The van der Waals surface area contributed by atoms with Gasteiger partial charge in [-0.05, 0) is 50.8 Å². The number of piperidine rings is 1. The third kappa shape index (κ3) is 3.70. The Labute approximate surface area is 187 Å². The summed E-state index contributed by atoms with van der Waals surface area (Å²) in [6.07, 6.45) is 3.35. The number of likely N-dealkylation sites (tertiary alicyclic amines) is 1. The van der Waals surface area contributed by atoms with Crippen molar-refractivity contribution in [2.75, 3.05) is 13.1 Å². The van der Waals surface area contributed by atoms with Crippen LogP contribution in [-0.2, 0) is 14.8 Å². The number of nitrogens with zero attached hydrogens (tertiary/aromatic N) is 3. The minimum Gasteiger partial charge on any atom is -0.355 e. The monoisotopic (exact) mass is 455 g/mol. The molecule has 32 heavy (non-hydrogen) atoms. The van der Waals surface area contributed by atoms with Crippen molar-refractivity contribution in [1.82, 2.24) is 9.80 Å². The lowest BCUT2D eigenvalue weighted by atomic mass is 9.94. The average molecular weight is 456 g/mol. The minimum atomic E-state index is -3.71. The maximum atomic E-state index is 14.5. The summed E-state index contributed by atoms with van der Waals surface area (Å²) in [6, 6.07) is 13.2. The van der Waals surface area contributed by atoms with Crippen LogP contribution < -0.4 is 0 Å². The Morgan fingerprint density at radius 1 is 1.12 bits per heavy atom. The molecule has 6 nitrogen and oxygen atoms in total. The molecule has 0 spiro atoms. The van der Waals surface area contributed by atoms with Crippen LogP contribution in [-0.4, -0.2) is 49.1 Å². The highest BCUT2D eigenvalue weighted by molar-refractivity contribution is 7.90. The van der Waals surface area contributed by atoms with Crippen LogP contribution in [0.2, 0.25) is 0 Å². The van der Waals surface area contributed by atoms with Gasteiger partial charge in [-0.3, -0.25) is 4.79 Å². The Morgan fingerprint density at radius 2 is 1.84 bits per heavy atom. The van der Waals surface area contributed by atoms with Gasteiger partial charge in [-0.2, -0.15) is 8.42 Å². The van der Waals surface area contributed by atoms with Gasteiger partial charge in [0.25, 0.3) is 10.0 Å². The van der Waals surface area contributed by atoms with E-state index in [0.29, 0.717) is 30.1 Å². The van der Waals surface area contributed by atoms with E-state index in [-0.39, 0.29) is 34.6 Å². The van der Waals surface area contributed by atoms with Crippen molar-refractivity contribution < 1.29 is 17.6 Å². The van der Waals surface area contributed by atoms with Crippen LogP contribution in [0.5, 0.6) is 0 Å². The summed E-state index contributed by atoms with van der Waals surface area (Å²) in [4.78, 5) is 17.7. The number of halogens is 1. The van der Waals surface area contributed by atoms with E-state index in [1.54, 1.807) is 42.5 Å². The fourth-order valence-electron chi connectivity index (χ4n) is 4.90. The van der Waals surface area contributed by atoms with Gasteiger partial charge in [0.15, 0.2) is 5.84 Å². The SMILES string of the molecule is CC(c1ccccc1F)N(C(=O)C1CCCN(C2=NS(=O)(=O)c3ccccc32)C1)C1CC1. The van der Waals surface area contributed by atoms with Gasteiger partial charge >= 0.3 is 0 Å². The molecule has 1 saturated carbocycles. The number of amides is 1. The zero-order chi connectivity index (χ0) is 22.5. The van der Waals surface area contributed by atoms with Gasteiger partial charge in [-0.15, -0.1) is 4.40 Å². The molecule has 2 aromatic rings. The second-order valence-electron chi connectivity index (χ2n) is 8.85. The molecule has 0 bridgehead atoms. The molecule has 2 atom stereocenters. The Kier molecular flexibility index (Phi) is 5.28. The van der Waals surface area contributed by atoms with Crippen LogP contribution in [0.4, 0.5) is 4.39 Å². The number of sulfonamides is 1. The average Bonchev–Trinajstić information content (AvgIpc) is 3.58. The molecular weight excluding hydrogens is 429 g/mol. The number of benzene rings is 2. The molecule has 2 aromatic carbocycles. The number of rotatable bonds is 4. The van der Waals surface area contributed by atoms with Crippen molar-refractivity contribution in [1.29, 1.82) is 0 Å². The van der Waals surface area contributed by atoms with Crippen molar-refractivity contribution in [3.63, 3.8) is 0 Å². The predicted molar refractivity (Wildman–Crippen MR) is 119 cm³/mol. The summed E-state index contributed by atoms with van der Waals surface area (Å²) in [5.74, 6) is -0.136. The van der Waals surface area contributed by atoms with Gasteiger partial charge in [0.2, 0.25) is 5.91 Å². The lowest BCUT2D eigenvalue weighted by molar-refractivity contribution is -0.139. The summed E-state index contributed by atoms with van der Waals surface area (Å²) >= 11 is 0. The second-order valence-corrected chi connectivity index (χ2v) is 10.4. The molecule has 1 aliphatic carbocycles. The third-order valence-corrected chi connectivity index (χ3v) is 7.98. The van der Waals surface area contributed by atoms with Gasteiger partial charge in [-0.1, -0.05) is 30.3 Å². The Hall–Kier alpha value is -2.74. The molecule has 2 aliphatic heterocycles.